The minimum Gasteiger partial charge on any atom is -0.478 e. The highest BCUT2D eigenvalue weighted by Gasteiger charge is 2.07. The molecule has 0 spiro atoms. The van der Waals surface area contributed by atoms with Crippen LogP contribution in [0.4, 0.5) is 5.69 Å². The second-order valence-corrected chi connectivity index (χ2v) is 3.35. The van der Waals surface area contributed by atoms with Gasteiger partial charge in [-0.3, -0.25) is 4.79 Å². The van der Waals surface area contributed by atoms with Crippen LogP contribution in [0.15, 0.2) is 18.2 Å². The van der Waals surface area contributed by atoms with E-state index in [4.69, 9.17) is 10.8 Å². The van der Waals surface area contributed by atoms with Crippen molar-refractivity contribution < 1.29 is 14.7 Å². The highest BCUT2D eigenvalue weighted by molar-refractivity contribution is 5.88. The fraction of sp³-hybridized carbons (Fsp3) is 0.273. The van der Waals surface area contributed by atoms with Gasteiger partial charge < -0.3 is 16.2 Å². The lowest BCUT2D eigenvalue weighted by atomic mass is 10.1. The molecule has 4 N–H and O–H groups in total. The van der Waals surface area contributed by atoms with Gasteiger partial charge in [-0.1, -0.05) is 6.92 Å². The topological polar surface area (TPSA) is 92.4 Å². The molecule has 0 unspecified atom stereocenters. The fourth-order valence-corrected chi connectivity index (χ4v) is 1.21. The average Bonchev–Trinajstić information content (AvgIpc) is 2.27. The Balaban J connectivity index is 2.82. The third-order valence-corrected chi connectivity index (χ3v) is 2.19. The van der Waals surface area contributed by atoms with Crippen LogP contribution in [0.1, 0.15) is 29.3 Å². The highest BCUT2D eigenvalue weighted by Crippen LogP contribution is 2.14. The normalized spacial score (nSPS) is 9.81. The van der Waals surface area contributed by atoms with E-state index in [1.165, 1.54) is 18.2 Å². The van der Waals surface area contributed by atoms with Gasteiger partial charge in [-0.25, -0.2) is 4.79 Å². The minimum atomic E-state index is -1.01. The van der Waals surface area contributed by atoms with Crippen LogP contribution in [-0.2, 0) is 11.3 Å². The number of carboxylic acids is 1. The summed E-state index contributed by atoms with van der Waals surface area (Å²) in [5.41, 5.74) is 6.92. The summed E-state index contributed by atoms with van der Waals surface area (Å²) < 4.78 is 0. The molecule has 0 fully saturated rings. The fourth-order valence-electron chi connectivity index (χ4n) is 1.21. The number of nitrogens with two attached hydrogens (primary N) is 1. The molecule has 0 aliphatic rings. The van der Waals surface area contributed by atoms with Gasteiger partial charge in [0.2, 0.25) is 5.91 Å². The summed E-state index contributed by atoms with van der Waals surface area (Å²) in [6.45, 7) is 1.99. The predicted octanol–water partition coefficient (Wildman–Crippen LogP) is 0.993. The van der Waals surface area contributed by atoms with E-state index in [0.29, 0.717) is 17.7 Å². The molecule has 0 aromatic heterocycles. The lowest BCUT2D eigenvalue weighted by molar-refractivity contribution is -0.120. The van der Waals surface area contributed by atoms with E-state index in [0.717, 1.165) is 0 Å². The molecule has 5 heteroatoms. The van der Waals surface area contributed by atoms with E-state index < -0.39 is 5.97 Å². The quantitative estimate of drug-likeness (QED) is 0.662. The molecule has 0 radical (unpaired) electrons. The number of carbonyl (C=O) groups is 2. The molecule has 16 heavy (non-hydrogen) atoms. The van der Waals surface area contributed by atoms with Crippen LogP contribution in [0, 0.1) is 0 Å². The number of rotatable bonds is 4. The molecule has 1 aromatic carbocycles. The molecule has 0 aliphatic carbocycles. The van der Waals surface area contributed by atoms with Crippen molar-refractivity contribution in [3.8, 4) is 0 Å². The van der Waals surface area contributed by atoms with Gasteiger partial charge in [-0.2, -0.15) is 0 Å². The summed E-state index contributed by atoms with van der Waals surface area (Å²) >= 11 is 0. The zero-order chi connectivity index (χ0) is 12.1. The Labute approximate surface area is 93.3 Å². The summed E-state index contributed by atoms with van der Waals surface area (Å²) in [6.07, 6.45) is 0.387. The van der Waals surface area contributed by atoms with Gasteiger partial charge in [0, 0.05) is 18.7 Å². The van der Waals surface area contributed by atoms with E-state index in [2.05, 4.69) is 5.32 Å². The second-order valence-electron chi connectivity index (χ2n) is 3.35. The summed E-state index contributed by atoms with van der Waals surface area (Å²) in [6, 6.07) is 4.42. The number of nitrogens with one attached hydrogen (secondary N) is 1. The third-order valence-electron chi connectivity index (χ3n) is 2.19. The van der Waals surface area contributed by atoms with E-state index in [1.54, 1.807) is 6.92 Å². The van der Waals surface area contributed by atoms with Crippen LogP contribution in [-0.4, -0.2) is 17.0 Å². The van der Waals surface area contributed by atoms with Crippen molar-refractivity contribution in [3.63, 3.8) is 0 Å². The highest BCUT2D eigenvalue weighted by atomic mass is 16.4. The molecule has 0 heterocycles. The van der Waals surface area contributed by atoms with Crippen LogP contribution in [0.2, 0.25) is 0 Å². The monoisotopic (exact) mass is 222 g/mol. The number of hydrogen-bond acceptors (Lipinski definition) is 3. The van der Waals surface area contributed by atoms with Crippen LogP contribution < -0.4 is 11.1 Å². The molecule has 86 valence electrons. The lowest BCUT2D eigenvalue weighted by Gasteiger charge is -2.07. The largest absolute Gasteiger partial charge is 0.478 e. The predicted molar refractivity (Wildman–Crippen MR) is 60.0 cm³/mol. The Morgan fingerprint density at radius 3 is 2.69 bits per heavy atom. The summed E-state index contributed by atoms with van der Waals surface area (Å²) in [5, 5.41) is 11.4. The number of hydrogen-bond donors (Lipinski definition) is 3. The van der Waals surface area contributed by atoms with Crippen molar-refractivity contribution in [2.75, 3.05) is 5.73 Å². The van der Waals surface area contributed by atoms with E-state index in [1.807, 2.05) is 0 Å². The summed E-state index contributed by atoms with van der Waals surface area (Å²) in [7, 11) is 0. The van der Waals surface area contributed by atoms with Crippen LogP contribution in [0.3, 0.4) is 0 Å². The molecule has 5 nitrogen and oxygen atoms in total. The Morgan fingerprint density at radius 2 is 2.12 bits per heavy atom. The minimum absolute atomic E-state index is 0.0971. The van der Waals surface area contributed by atoms with Gasteiger partial charge in [0.15, 0.2) is 0 Å². The van der Waals surface area contributed by atoms with Crippen molar-refractivity contribution in [3.05, 3.63) is 29.3 Å². The first-order valence-corrected chi connectivity index (χ1v) is 4.93. The van der Waals surface area contributed by atoms with Gasteiger partial charge in [0.05, 0.1) is 5.56 Å². The Kier molecular flexibility index (Phi) is 3.88. The van der Waals surface area contributed by atoms with Crippen LogP contribution in [0.5, 0.6) is 0 Å². The van der Waals surface area contributed by atoms with Gasteiger partial charge in [0.1, 0.15) is 0 Å². The van der Waals surface area contributed by atoms with Gasteiger partial charge in [-0.05, 0) is 23.8 Å². The summed E-state index contributed by atoms with van der Waals surface area (Å²) in [4.78, 5) is 21.8. The first kappa shape index (κ1) is 12.0. The van der Waals surface area contributed by atoms with Gasteiger partial charge in [-0.15, -0.1) is 0 Å². The maximum atomic E-state index is 11.0. The number of amides is 1. The number of nitrogen functional groups attached to an aromatic ring is 1. The van der Waals surface area contributed by atoms with Crippen molar-refractivity contribution in [2.24, 2.45) is 0 Å². The van der Waals surface area contributed by atoms with Crippen molar-refractivity contribution in [2.45, 2.75) is 19.9 Å². The average molecular weight is 222 g/mol. The van der Waals surface area contributed by atoms with Crippen LogP contribution in [0.25, 0.3) is 0 Å². The number of carboxylic acid groups (broad SMARTS) is 1. The van der Waals surface area contributed by atoms with Crippen LogP contribution >= 0.6 is 0 Å². The summed E-state index contributed by atoms with van der Waals surface area (Å²) in [5.74, 6) is -1.11. The molecular formula is C11H14N2O3. The van der Waals surface area contributed by atoms with E-state index in [-0.39, 0.29) is 18.0 Å². The molecule has 1 rings (SSSR count). The van der Waals surface area contributed by atoms with E-state index >= 15 is 0 Å². The molecule has 1 aromatic rings. The number of benzene rings is 1. The second kappa shape index (κ2) is 5.16. The van der Waals surface area contributed by atoms with Gasteiger partial charge in [0.25, 0.3) is 0 Å². The smallest absolute Gasteiger partial charge is 0.335 e. The SMILES string of the molecule is CCC(=O)NCc1cc(C(=O)O)ccc1N. The van der Waals surface area contributed by atoms with Crippen molar-refractivity contribution >= 4 is 17.6 Å². The molecule has 0 atom stereocenters. The van der Waals surface area contributed by atoms with Crippen molar-refractivity contribution in [1.82, 2.24) is 5.32 Å². The first-order chi connectivity index (χ1) is 7.54. The maximum absolute atomic E-state index is 11.0. The third kappa shape index (κ3) is 2.98. The Bertz CT molecular complexity index is 416. The molecule has 0 saturated carbocycles. The molecule has 0 bridgehead atoms. The molecule has 0 aliphatic heterocycles. The number of anilines is 1. The van der Waals surface area contributed by atoms with Gasteiger partial charge >= 0.3 is 5.97 Å². The number of carbonyl (C=O) groups excluding carboxylic acids is 1. The Morgan fingerprint density at radius 1 is 1.44 bits per heavy atom. The standard InChI is InChI=1S/C11H14N2O3/c1-2-10(14)13-6-8-5-7(11(15)16)3-4-9(8)12/h3-5H,2,6,12H2,1H3,(H,13,14)(H,15,16). The first-order valence-electron chi connectivity index (χ1n) is 4.93. The Hall–Kier alpha value is -2.04. The molecule has 0 saturated heterocycles. The maximum Gasteiger partial charge on any atom is 0.335 e. The molecule has 1 amide bonds. The van der Waals surface area contributed by atoms with Crippen molar-refractivity contribution in [1.29, 1.82) is 0 Å². The zero-order valence-corrected chi connectivity index (χ0v) is 8.99. The zero-order valence-electron chi connectivity index (χ0n) is 8.99. The lowest BCUT2D eigenvalue weighted by Crippen LogP contribution is -2.22. The molecular weight excluding hydrogens is 208 g/mol. The van der Waals surface area contributed by atoms with E-state index in [9.17, 15) is 9.59 Å². The number of aromatic carboxylic acids is 1.